The minimum Gasteiger partial charge on any atom is -0.395 e. The van der Waals surface area contributed by atoms with Gasteiger partial charge in [-0.15, -0.1) is 0 Å². The van der Waals surface area contributed by atoms with Gasteiger partial charge in [-0.05, 0) is 25.3 Å². The molecule has 1 heterocycles. The van der Waals surface area contributed by atoms with Crippen LogP contribution in [0.4, 0.5) is 0 Å². The number of piperidine rings is 1. The summed E-state index contributed by atoms with van der Waals surface area (Å²) in [7, 11) is 0. The van der Waals surface area contributed by atoms with Crippen LogP contribution in [0, 0.1) is 5.92 Å². The van der Waals surface area contributed by atoms with E-state index in [1.807, 2.05) is 0 Å². The molecule has 1 saturated heterocycles. The minimum absolute atomic E-state index is 0.316. The molecule has 1 aliphatic heterocycles. The number of aliphatic hydroxyl groups excluding tert-OH is 1. The summed E-state index contributed by atoms with van der Waals surface area (Å²) < 4.78 is 0. The van der Waals surface area contributed by atoms with Gasteiger partial charge in [0.2, 0.25) is 0 Å². The molecule has 0 aliphatic carbocycles. The number of rotatable bonds is 3. The molecule has 0 aromatic carbocycles. The number of aliphatic hydroxyl groups is 1. The van der Waals surface area contributed by atoms with Gasteiger partial charge in [0.25, 0.3) is 0 Å². The van der Waals surface area contributed by atoms with Crippen LogP contribution < -0.4 is 0 Å². The average molecular weight is 157 g/mol. The quantitative estimate of drug-likeness (QED) is 0.663. The molecule has 0 spiro atoms. The molecule has 2 heteroatoms. The van der Waals surface area contributed by atoms with E-state index in [1.165, 1.54) is 32.4 Å². The largest absolute Gasteiger partial charge is 0.395 e. The Morgan fingerprint density at radius 1 is 1.55 bits per heavy atom. The molecule has 0 radical (unpaired) electrons. The third kappa shape index (κ3) is 2.80. The van der Waals surface area contributed by atoms with Gasteiger partial charge in [0.05, 0.1) is 6.61 Å². The van der Waals surface area contributed by atoms with Crippen molar-refractivity contribution in [1.82, 2.24) is 4.90 Å². The first-order chi connectivity index (χ1) is 5.36. The number of likely N-dealkylation sites (tertiary alicyclic amines) is 1. The van der Waals surface area contributed by atoms with Crippen LogP contribution in [0.5, 0.6) is 0 Å². The van der Waals surface area contributed by atoms with Crippen LogP contribution >= 0.6 is 0 Å². The van der Waals surface area contributed by atoms with Crippen LogP contribution in [0.1, 0.15) is 26.2 Å². The molecular weight excluding hydrogens is 138 g/mol. The van der Waals surface area contributed by atoms with Gasteiger partial charge in [-0.3, -0.25) is 0 Å². The van der Waals surface area contributed by atoms with Gasteiger partial charge < -0.3 is 10.0 Å². The fourth-order valence-electron chi connectivity index (χ4n) is 1.83. The van der Waals surface area contributed by atoms with Crippen molar-refractivity contribution in [3.8, 4) is 0 Å². The maximum absolute atomic E-state index is 8.74. The summed E-state index contributed by atoms with van der Waals surface area (Å²) in [5.74, 6) is 0.885. The average Bonchev–Trinajstić information content (AvgIpc) is 2.06. The van der Waals surface area contributed by atoms with Crippen molar-refractivity contribution < 1.29 is 5.11 Å². The Hall–Kier alpha value is -0.0800. The van der Waals surface area contributed by atoms with Gasteiger partial charge in [0.15, 0.2) is 0 Å². The molecular formula is C9H19NO. The predicted molar refractivity (Wildman–Crippen MR) is 46.5 cm³/mol. The second kappa shape index (κ2) is 4.73. The zero-order valence-corrected chi connectivity index (χ0v) is 7.42. The topological polar surface area (TPSA) is 23.5 Å². The van der Waals surface area contributed by atoms with Gasteiger partial charge >= 0.3 is 0 Å². The summed E-state index contributed by atoms with van der Waals surface area (Å²) in [6.07, 6.45) is 4.00. The highest BCUT2D eigenvalue weighted by molar-refractivity contribution is 4.71. The second-order valence-corrected chi connectivity index (χ2v) is 3.44. The highest BCUT2D eigenvalue weighted by Gasteiger charge is 2.17. The first kappa shape index (κ1) is 9.01. The second-order valence-electron chi connectivity index (χ2n) is 3.44. The number of nitrogens with zero attached hydrogens (tertiary/aromatic N) is 1. The smallest absolute Gasteiger partial charge is 0.0558 e. The van der Waals surface area contributed by atoms with Crippen LogP contribution in [0.25, 0.3) is 0 Å². The molecule has 0 amide bonds. The Labute approximate surface area is 69.2 Å². The summed E-state index contributed by atoms with van der Waals surface area (Å²) >= 11 is 0. The molecule has 0 aromatic rings. The number of hydrogen-bond acceptors (Lipinski definition) is 2. The number of hydrogen-bond donors (Lipinski definition) is 1. The van der Waals surface area contributed by atoms with Crippen molar-refractivity contribution in [2.45, 2.75) is 26.2 Å². The van der Waals surface area contributed by atoms with E-state index in [-0.39, 0.29) is 0 Å². The van der Waals surface area contributed by atoms with Gasteiger partial charge in [-0.1, -0.05) is 13.3 Å². The van der Waals surface area contributed by atoms with E-state index in [2.05, 4.69) is 11.8 Å². The van der Waals surface area contributed by atoms with E-state index in [0.29, 0.717) is 6.61 Å². The van der Waals surface area contributed by atoms with Crippen molar-refractivity contribution in [2.75, 3.05) is 26.2 Å². The lowest BCUT2D eigenvalue weighted by Crippen LogP contribution is -2.36. The first-order valence-corrected chi connectivity index (χ1v) is 4.70. The highest BCUT2D eigenvalue weighted by Crippen LogP contribution is 2.18. The van der Waals surface area contributed by atoms with Crippen molar-refractivity contribution in [2.24, 2.45) is 5.92 Å². The van der Waals surface area contributed by atoms with E-state index < -0.39 is 0 Å². The van der Waals surface area contributed by atoms with E-state index in [1.54, 1.807) is 0 Å². The predicted octanol–water partition coefficient (Wildman–Crippen LogP) is 1.10. The summed E-state index contributed by atoms with van der Waals surface area (Å²) in [6.45, 7) is 5.84. The minimum atomic E-state index is 0.316. The summed E-state index contributed by atoms with van der Waals surface area (Å²) in [5.41, 5.74) is 0. The lowest BCUT2D eigenvalue weighted by atomic mass is 9.96. The Balaban J connectivity index is 2.21. The molecule has 1 atom stereocenters. The lowest BCUT2D eigenvalue weighted by Gasteiger charge is -2.31. The number of β-amino-alcohol motifs (C(OH)–C–C–N with tert-alkyl or cyclic N) is 1. The SMILES string of the molecule is CC[C@@H]1CCCN(CCO)C1. The van der Waals surface area contributed by atoms with Gasteiger partial charge in [-0.2, -0.15) is 0 Å². The van der Waals surface area contributed by atoms with E-state index in [4.69, 9.17) is 5.11 Å². The molecule has 0 aromatic heterocycles. The van der Waals surface area contributed by atoms with Crippen molar-refractivity contribution in [3.63, 3.8) is 0 Å². The molecule has 1 aliphatic rings. The Bertz CT molecular complexity index is 104. The zero-order chi connectivity index (χ0) is 8.10. The summed E-state index contributed by atoms with van der Waals surface area (Å²) in [6, 6.07) is 0. The fraction of sp³-hybridized carbons (Fsp3) is 1.00. The van der Waals surface area contributed by atoms with Gasteiger partial charge in [-0.25, -0.2) is 0 Å². The zero-order valence-electron chi connectivity index (χ0n) is 7.42. The molecule has 1 rings (SSSR count). The van der Waals surface area contributed by atoms with Crippen LogP contribution in [-0.4, -0.2) is 36.2 Å². The fourth-order valence-corrected chi connectivity index (χ4v) is 1.83. The summed E-state index contributed by atoms with van der Waals surface area (Å²) in [4.78, 5) is 2.37. The molecule has 0 bridgehead atoms. The molecule has 2 nitrogen and oxygen atoms in total. The van der Waals surface area contributed by atoms with Crippen LogP contribution in [0.2, 0.25) is 0 Å². The van der Waals surface area contributed by atoms with Crippen LogP contribution in [-0.2, 0) is 0 Å². The van der Waals surface area contributed by atoms with E-state index in [9.17, 15) is 0 Å². The highest BCUT2D eigenvalue weighted by atomic mass is 16.3. The third-order valence-corrected chi connectivity index (χ3v) is 2.60. The summed E-state index contributed by atoms with van der Waals surface area (Å²) in [5, 5.41) is 8.74. The molecule has 0 unspecified atom stereocenters. The Morgan fingerprint density at radius 2 is 2.36 bits per heavy atom. The maximum Gasteiger partial charge on any atom is 0.0558 e. The molecule has 11 heavy (non-hydrogen) atoms. The molecule has 1 fully saturated rings. The molecule has 0 saturated carbocycles. The standard InChI is InChI=1S/C9H19NO/c1-2-9-4-3-5-10(8-9)6-7-11/h9,11H,2-8H2,1H3/t9-/m1/s1. The third-order valence-electron chi connectivity index (χ3n) is 2.60. The maximum atomic E-state index is 8.74. The monoisotopic (exact) mass is 157 g/mol. The Kier molecular flexibility index (Phi) is 3.87. The normalized spacial score (nSPS) is 27.3. The van der Waals surface area contributed by atoms with Crippen LogP contribution in [0.3, 0.4) is 0 Å². The van der Waals surface area contributed by atoms with E-state index >= 15 is 0 Å². The van der Waals surface area contributed by atoms with Crippen LogP contribution in [0.15, 0.2) is 0 Å². The molecule has 66 valence electrons. The Morgan fingerprint density at radius 3 is 3.00 bits per heavy atom. The van der Waals surface area contributed by atoms with Crippen molar-refractivity contribution >= 4 is 0 Å². The molecule has 1 N–H and O–H groups in total. The lowest BCUT2D eigenvalue weighted by molar-refractivity contribution is 0.138. The van der Waals surface area contributed by atoms with Gasteiger partial charge in [0.1, 0.15) is 0 Å². The van der Waals surface area contributed by atoms with Gasteiger partial charge in [0, 0.05) is 13.1 Å². The first-order valence-electron chi connectivity index (χ1n) is 4.70. The van der Waals surface area contributed by atoms with E-state index in [0.717, 1.165) is 12.5 Å². The van der Waals surface area contributed by atoms with Crippen molar-refractivity contribution in [1.29, 1.82) is 0 Å². The van der Waals surface area contributed by atoms with Crippen molar-refractivity contribution in [3.05, 3.63) is 0 Å².